The van der Waals surface area contributed by atoms with Crippen LogP contribution in [0.3, 0.4) is 0 Å². The van der Waals surface area contributed by atoms with E-state index in [1.165, 1.54) is 4.31 Å². The molecule has 2 fully saturated rings. The summed E-state index contributed by atoms with van der Waals surface area (Å²) in [5.41, 5.74) is 0.370. The molecule has 1 N–H and O–H groups in total. The Bertz CT molecular complexity index is 1500. The Labute approximate surface area is 242 Å². The Morgan fingerprint density at radius 1 is 1.02 bits per heavy atom. The maximum Gasteiger partial charge on any atom is 0.407 e. The van der Waals surface area contributed by atoms with Gasteiger partial charge in [-0.15, -0.1) is 0 Å². The summed E-state index contributed by atoms with van der Waals surface area (Å²) in [6.07, 6.45) is 4.19. The number of nitrogens with one attached hydrogen (secondary N) is 1. The highest BCUT2D eigenvalue weighted by molar-refractivity contribution is 9.10. The number of aromatic nitrogens is 1. The molecular formula is C28H32BrN5O5S. The standard InChI is InChI=1S/C28H32BrN5O5S/c1-2-39-27(36)31-28(9-13-32(14-10-28)24-7-11-30-12-8-24)20-33-15-16-34(19-26(33)35)40(37,38)25-6-4-21-17-23(29)5-3-22(21)18-25/h3-8,11-12,17-18H,2,9-10,13-16,19-20H2,1H3,(H,31,36). The minimum Gasteiger partial charge on any atom is -0.450 e. The van der Waals surface area contributed by atoms with Gasteiger partial charge in [0.1, 0.15) is 0 Å². The molecule has 12 heteroatoms. The van der Waals surface area contributed by atoms with Gasteiger partial charge < -0.3 is 19.9 Å². The maximum absolute atomic E-state index is 13.5. The average molecular weight is 631 g/mol. The van der Waals surface area contributed by atoms with Crippen molar-refractivity contribution in [3.63, 3.8) is 0 Å². The quantitative estimate of drug-likeness (QED) is 0.425. The number of halogens is 1. The molecule has 2 aromatic carbocycles. The van der Waals surface area contributed by atoms with Crippen molar-refractivity contribution in [2.45, 2.75) is 30.2 Å². The lowest BCUT2D eigenvalue weighted by molar-refractivity contribution is -0.135. The summed E-state index contributed by atoms with van der Waals surface area (Å²) < 4.78 is 34.2. The lowest BCUT2D eigenvalue weighted by Crippen LogP contribution is -2.64. The maximum atomic E-state index is 13.5. The fourth-order valence-electron chi connectivity index (χ4n) is 5.38. The summed E-state index contributed by atoms with van der Waals surface area (Å²) in [5, 5.41) is 4.76. The Balaban J connectivity index is 1.28. The predicted octanol–water partition coefficient (Wildman–Crippen LogP) is 3.62. The summed E-state index contributed by atoms with van der Waals surface area (Å²) in [5.74, 6) is -0.291. The van der Waals surface area contributed by atoms with Crippen LogP contribution in [0.5, 0.6) is 0 Å². The molecule has 5 rings (SSSR count). The zero-order valence-corrected chi connectivity index (χ0v) is 24.7. The minimum absolute atomic E-state index is 0.160. The molecule has 0 aliphatic carbocycles. The van der Waals surface area contributed by atoms with Crippen LogP contribution in [-0.4, -0.2) is 86.0 Å². The van der Waals surface area contributed by atoms with E-state index in [9.17, 15) is 18.0 Å². The summed E-state index contributed by atoms with van der Waals surface area (Å²) in [4.78, 5) is 33.9. The Hall–Kier alpha value is -3.22. The van der Waals surface area contributed by atoms with Gasteiger partial charge in [0.25, 0.3) is 0 Å². The third-order valence-corrected chi connectivity index (χ3v) is 9.91. The third kappa shape index (κ3) is 6.08. The highest BCUT2D eigenvalue weighted by Crippen LogP contribution is 2.29. The number of piperazine rings is 1. The van der Waals surface area contributed by atoms with Crippen LogP contribution < -0.4 is 10.2 Å². The van der Waals surface area contributed by atoms with Gasteiger partial charge in [0.2, 0.25) is 15.9 Å². The number of ether oxygens (including phenoxy) is 1. The van der Waals surface area contributed by atoms with Gasteiger partial charge in [0.05, 0.1) is 23.6 Å². The molecule has 3 aromatic rings. The number of sulfonamides is 1. The second-order valence-corrected chi connectivity index (χ2v) is 13.0. The third-order valence-electron chi connectivity index (χ3n) is 7.58. The van der Waals surface area contributed by atoms with E-state index >= 15 is 0 Å². The summed E-state index contributed by atoms with van der Waals surface area (Å²) in [6.45, 7) is 3.79. The van der Waals surface area contributed by atoms with Crippen LogP contribution in [0.4, 0.5) is 10.5 Å². The van der Waals surface area contributed by atoms with E-state index in [1.54, 1.807) is 42.4 Å². The number of benzene rings is 2. The highest BCUT2D eigenvalue weighted by Gasteiger charge is 2.41. The fourth-order valence-corrected chi connectivity index (χ4v) is 7.18. The van der Waals surface area contributed by atoms with E-state index in [0.29, 0.717) is 25.9 Å². The van der Waals surface area contributed by atoms with E-state index in [-0.39, 0.29) is 43.6 Å². The molecule has 2 aliphatic rings. The van der Waals surface area contributed by atoms with Crippen LogP contribution >= 0.6 is 15.9 Å². The zero-order valence-electron chi connectivity index (χ0n) is 22.3. The molecule has 10 nitrogen and oxygen atoms in total. The normalized spacial score (nSPS) is 18.1. The first-order valence-electron chi connectivity index (χ1n) is 13.3. The molecule has 1 aromatic heterocycles. The van der Waals surface area contributed by atoms with Gasteiger partial charge in [0.15, 0.2) is 0 Å². The monoisotopic (exact) mass is 629 g/mol. The zero-order chi connectivity index (χ0) is 28.3. The number of carbonyl (C=O) groups excluding carboxylic acids is 2. The molecule has 0 atom stereocenters. The van der Waals surface area contributed by atoms with Crippen molar-refractivity contribution in [1.29, 1.82) is 0 Å². The fraction of sp³-hybridized carbons (Fsp3) is 0.393. The molecule has 0 bridgehead atoms. The number of pyridine rings is 1. The van der Waals surface area contributed by atoms with Gasteiger partial charge >= 0.3 is 6.09 Å². The van der Waals surface area contributed by atoms with Crippen molar-refractivity contribution in [1.82, 2.24) is 19.5 Å². The van der Waals surface area contributed by atoms with Crippen molar-refractivity contribution >= 4 is 54.4 Å². The van der Waals surface area contributed by atoms with E-state index in [0.717, 1.165) is 20.9 Å². The van der Waals surface area contributed by atoms with Crippen molar-refractivity contribution in [3.05, 3.63) is 65.4 Å². The largest absolute Gasteiger partial charge is 0.450 e. The molecule has 0 saturated carbocycles. The van der Waals surface area contributed by atoms with Crippen LogP contribution in [0.25, 0.3) is 10.8 Å². The van der Waals surface area contributed by atoms with Gasteiger partial charge in [-0.2, -0.15) is 4.31 Å². The lowest BCUT2D eigenvalue weighted by Gasteiger charge is -2.46. The van der Waals surface area contributed by atoms with Crippen molar-refractivity contribution in [3.8, 4) is 0 Å². The van der Waals surface area contributed by atoms with Crippen LogP contribution in [0.2, 0.25) is 0 Å². The lowest BCUT2D eigenvalue weighted by atomic mass is 9.86. The summed E-state index contributed by atoms with van der Waals surface area (Å²) in [6, 6.07) is 14.5. The highest BCUT2D eigenvalue weighted by atomic mass is 79.9. The molecule has 0 spiro atoms. The van der Waals surface area contributed by atoms with Crippen LogP contribution in [-0.2, 0) is 19.6 Å². The topological polar surface area (TPSA) is 112 Å². The first kappa shape index (κ1) is 28.3. The number of carbonyl (C=O) groups is 2. The van der Waals surface area contributed by atoms with Crippen LogP contribution in [0, 0.1) is 0 Å². The summed E-state index contributed by atoms with van der Waals surface area (Å²) in [7, 11) is -3.86. The van der Waals surface area contributed by atoms with E-state index in [1.807, 2.05) is 30.3 Å². The number of nitrogens with zero attached hydrogens (tertiary/aromatic N) is 4. The van der Waals surface area contributed by atoms with Crippen molar-refractivity contribution in [2.75, 3.05) is 50.8 Å². The number of hydrogen-bond acceptors (Lipinski definition) is 7. The molecule has 0 radical (unpaired) electrons. The Kier molecular flexibility index (Phi) is 8.29. The smallest absolute Gasteiger partial charge is 0.407 e. The Morgan fingerprint density at radius 3 is 2.42 bits per heavy atom. The number of rotatable bonds is 7. The number of amides is 2. The number of piperidine rings is 1. The molecule has 2 saturated heterocycles. The molecule has 2 amide bonds. The second kappa shape index (κ2) is 11.7. The predicted molar refractivity (Wildman–Crippen MR) is 156 cm³/mol. The Morgan fingerprint density at radius 2 is 1.73 bits per heavy atom. The second-order valence-electron chi connectivity index (χ2n) is 10.1. The summed E-state index contributed by atoms with van der Waals surface area (Å²) >= 11 is 3.44. The van der Waals surface area contributed by atoms with Crippen molar-refractivity contribution in [2.24, 2.45) is 0 Å². The first-order valence-corrected chi connectivity index (χ1v) is 15.5. The number of anilines is 1. The van der Waals surface area contributed by atoms with Crippen LogP contribution in [0.15, 0.2) is 70.3 Å². The number of hydrogen-bond donors (Lipinski definition) is 1. The van der Waals surface area contributed by atoms with Gasteiger partial charge in [-0.3, -0.25) is 9.78 Å². The number of alkyl carbamates (subject to hydrolysis) is 1. The number of fused-ring (bicyclic) bond motifs is 1. The molecule has 0 unspecified atom stereocenters. The van der Waals surface area contributed by atoms with E-state index in [2.05, 4.69) is 31.1 Å². The van der Waals surface area contributed by atoms with Crippen LogP contribution in [0.1, 0.15) is 19.8 Å². The molecule has 212 valence electrons. The molecule has 3 heterocycles. The van der Waals surface area contributed by atoms with Gasteiger partial charge in [-0.25, -0.2) is 13.2 Å². The van der Waals surface area contributed by atoms with Crippen molar-refractivity contribution < 1.29 is 22.7 Å². The van der Waals surface area contributed by atoms with Gasteiger partial charge in [-0.1, -0.05) is 28.1 Å². The van der Waals surface area contributed by atoms with Gasteiger partial charge in [0, 0.05) is 55.3 Å². The SMILES string of the molecule is CCOC(=O)NC1(CN2CCN(S(=O)(=O)c3ccc4cc(Br)ccc4c3)CC2=O)CCN(c2ccncc2)CC1. The minimum atomic E-state index is -3.86. The molecular weight excluding hydrogens is 598 g/mol. The average Bonchev–Trinajstić information content (AvgIpc) is 2.94. The van der Waals surface area contributed by atoms with E-state index in [4.69, 9.17) is 4.74 Å². The van der Waals surface area contributed by atoms with E-state index < -0.39 is 21.7 Å². The first-order chi connectivity index (χ1) is 19.2. The molecule has 2 aliphatic heterocycles. The van der Waals surface area contributed by atoms with Gasteiger partial charge in [-0.05, 0) is 66.9 Å². The molecule has 40 heavy (non-hydrogen) atoms.